The quantitative estimate of drug-likeness (QED) is 0.853. The summed E-state index contributed by atoms with van der Waals surface area (Å²) in [4.78, 5) is 0. The SMILES string of the molecule is CCOc1cc(Br)cc(F)c1O. The van der Waals surface area contributed by atoms with Gasteiger partial charge in [-0.2, -0.15) is 0 Å². The van der Waals surface area contributed by atoms with E-state index in [4.69, 9.17) is 9.84 Å². The molecule has 1 aromatic rings. The van der Waals surface area contributed by atoms with Crippen molar-refractivity contribution in [3.05, 3.63) is 22.4 Å². The number of hydrogen-bond donors (Lipinski definition) is 1. The van der Waals surface area contributed by atoms with Crippen molar-refractivity contribution in [2.45, 2.75) is 6.92 Å². The molecule has 0 aliphatic carbocycles. The minimum Gasteiger partial charge on any atom is -0.502 e. The van der Waals surface area contributed by atoms with Crippen LogP contribution in [-0.2, 0) is 0 Å². The van der Waals surface area contributed by atoms with Crippen molar-refractivity contribution in [1.29, 1.82) is 0 Å². The maximum atomic E-state index is 12.8. The van der Waals surface area contributed by atoms with Gasteiger partial charge >= 0.3 is 0 Å². The lowest BCUT2D eigenvalue weighted by atomic mass is 10.3. The summed E-state index contributed by atoms with van der Waals surface area (Å²) < 4.78 is 18.3. The second-order valence-electron chi connectivity index (χ2n) is 2.17. The number of ether oxygens (including phenoxy) is 1. The fourth-order valence-electron chi connectivity index (χ4n) is 0.808. The van der Waals surface area contributed by atoms with Crippen LogP contribution in [0.25, 0.3) is 0 Å². The highest BCUT2D eigenvalue weighted by Gasteiger charge is 2.08. The van der Waals surface area contributed by atoms with Crippen molar-refractivity contribution >= 4 is 15.9 Å². The highest BCUT2D eigenvalue weighted by molar-refractivity contribution is 9.10. The lowest BCUT2D eigenvalue weighted by Crippen LogP contribution is -1.93. The molecule has 0 amide bonds. The molecule has 4 heteroatoms. The molecule has 0 spiro atoms. The van der Waals surface area contributed by atoms with Crippen LogP contribution in [0.3, 0.4) is 0 Å². The molecule has 0 saturated carbocycles. The van der Waals surface area contributed by atoms with E-state index in [0.29, 0.717) is 11.1 Å². The topological polar surface area (TPSA) is 29.5 Å². The van der Waals surface area contributed by atoms with Crippen LogP contribution >= 0.6 is 15.9 Å². The van der Waals surface area contributed by atoms with E-state index in [-0.39, 0.29) is 5.75 Å². The maximum absolute atomic E-state index is 12.8. The molecule has 0 unspecified atom stereocenters. The fourth-order valence-corrected chi connectivity index (χ4v) is 1.22. The summed E-state index contributed by atoms with van der Waals surface area (Å²) >= 11 is 3.09. The first-order valence-electron chi connectivity index (χ1n) is 3.46. The molecule has 12 heavy (non-hydrogen) atoms. The van der Waals surface area contributed by atoms with Gasteiger partial charge in [0.2, 0.25) is 0 Å². The molecular weight excluding hydrogens is 227 g/mol. The second-order valence-corrected chi connectivity index (χ2v) is 3.08. The van der Waals surface area contributed by atoms with E-state index in [1.54, 1.807) is 6.92 Å². The van der Waals surface area contributed by atoms with E-state index in [2.05, 4.69) is 15.9 Å². The van der Waals surface area contributed by atoms with Gasteiger partial charge in [-0.1, -0.05) is 15.9 Å². The maximum Gasteiger partial charge on any atom is 0.194 e. The highest BCUT2D eigenvalue weighted by atomic mass is 79.9. The van der Waals surface area contributed by atoms with Crippen molar-refractivity contribution in [1.82, 2.24) is 0 Å². The summed E-state index contributed by atoms with van der Waals surface area (Å²) in [6.07, 6.45) is 0. The Morgan fingerprint density at radius 1 is 1.58 bits per heavy atom. The molecule has 0 saturated heterocycles. The van der Waals surface area contributed by atoms with Crippen LogP contribution in [0, 0.1) is 5.82 Å². The molecule has 66 valence electrons. The summed E-state index contributed by atoms with van der Waals surface area (Å²) in [5.41, 5.74) is 0. The van der Waals surface area contributed by atoms with Gasteiger partial charge in [-0.05, 0) is 19.1 Å². The first-order chi connectivity index (χ1) is 5.65. The predicted molar refractivity (Wildman–Crippen MR) is 46.9 cm³/mol. The zero-order valence-electron chi connectivity index (χ0n) is 6.47. The van der Waals surface area contributed by atoms with Crippen LogP contribution in [-0.4, -0.2) is 11.7 Å². The summed E-state index contributed by atoms with van der Waals surface area (Å²) in [7, 11) is 0. The standard InChI is InChI=1S/C8H8BrFO2/c1-2-12-7-4-5(9)3-6(10)8(7)11/h3-4,11H,2H2,1H3. The number of halogens is 2. The van der Waals surface area contributed by atoms with E-state index in [9.17, 15) is 4.39 Å². The first-order valence-corrected chi connectivity index (χ1v) is 4.25. The van der Waals surface area contributed by atoms with Crippen LogP contribution in [0.15, 0.2) is 16.6 Å². The van der Waals surface area contributed by atoms with Gasteiger partial charge in [0.15, 0.2) is 17.3 Å². The Bertz CT molecular complexity index is 289. The molecule has 1 aromatic carbocycles. The summed E-state index contributed by atoms with van der Waals surface area (Å²) in [5, 5.41) is 9.13. The van der Waals surface area contributed by atoms with Crippen LogP contribution in [0.2, 0.25) is 0 Å². The van der Waals surface area contributed by atoms with Crippen LogP contribution in [0.5, 0.6) is 11.5 Å². The third-order valence-corrected chi connectivity index (χ3v) is 1.75. The molecule has 0 aliphatic heterocycles. The lowest BCUT2D eigenvalue weighted by molar-refractivity contribution is 0.310. The van der Waals surface area contributed by atoms with Crippen molar-refractivity contribution < 1.29 is 14.2 Å². The molecule has 0 aliphatic rings. The number of phenols is 1. The smallest absolute Gasteiger partial charge is 0.194 e. The number of phenolic OH excluding ortho intramolecular Hbond substituents is 1. The zero-order valence-corrected chi connectivity index (χ0v) is 8.06. The van der Waals surface area contributed by atoms with Gasteiger partial charge in [0, 0.05) is 4.47 Å². The lowest BCUT2D eigenvalue weighted by Gasteiger charge is -2.06. The second kappa shape index (κ2) is 3.76. The van der Waals surface area contributed by atoms with E-state index in [1.807, 2.05) is 0 Å². The minimum atomic E-state index is -0.687. The van der Waals surface area contributed by atoms with Gasteiger partial charge in [0.1, 0.15) is 0 Å². The molecule has 2 nitrogen and oxygen atoms in total. The van der Waals surface area contributed by atoms with E-state index < -0.39 is 11.6 Å². The van der Waals surface area contributed by atoms with Crippen molar-refractivity contribution in [2.75, 3.05) is 6.61 Å². The normalized spacial score (nSPS) is 9.92. The van der Waals surface area contributed by atoms with Gasteiger partial charge in [0.25, 0.3) is 0 Å². The summed E-state index contributed by atoms with van der Waals surface area (Å²) in [6.45, 7) is 2.15. The molecule has 0 heterocycles. The third kappa shape index (κ3) is 1.88. The number of benzene rings is 1. The molecule has 0 aromatic heterocycles. The van der Waals surface area contributed by atoms with Crippen molar-refractivity contribution in [3.63, 3.8) is 0 Å². The van der Waals surface area contributed by atoms with Crippen molar-refractivity contribution in [2.24, 2.45) is 0 Å². The molecule has 0 atom stereocenters. The van der Waals surface area contributed by atoms with Crippen LogP contribution in [0.4, 0.5) is 4.39 Å². The largest absolute Gasteiger partial charge is 0.502 e. The zero-order chi connectivity index (χ0) is 9.14. The third-order valence-electron chi connectivity index (χ3n) is 1.29. The Balaban J connectivity index is 3.09. The Labute approximate surface area is 78.1 Å². The van der Waals surface area contributed by atoms with Gasteiger partial charge in [-0.25, -0.2) is 4.39 Å². The molecule has 0 fully saturated rings. The Morgan fingerprint density at radius 3 is 2.83 bits per heavy atom. The number of rotatable bonds is 2. The van der Waals surface area contributed by atoms with E-state index in [0.717, 1.165) is 0 Å². The Kier molecular flexibility index (Phi) is 2.92. The average Bonchev–Trinajstić information content (AvgIpc) is 2.00. The van der Waals surface area contributed by atoms with Gasteiger partial charge < -0.3 is 9.84 Å². The summed E-state index contributed by atoms with van der Waals surface area (Å²) in [5.74, 6) is -0.975. The highest BCUT2D eigenvalue weighted by Crippen LogP contribution is 2.32. The van der Waals surface area contributed by atoms with Gasteiger partial charge in [0.05, 0.1) is 6.61 Å². The molecule has 1 rings (SSSR count). The van der Waals surface area contributed by atoms with Crippen LogP contribution in [0.1, 0.15) is 6.92 Å². The summed E-state index contributed by atoms with van der Waals surface area (Å²) in [6, 6.07) is 2.69. The molecule has 0 radical (unpaired) electrons. The average molecular weight is 235 g/mol. The fraction of sp³-hybridized carbons (Fsp3) is 0.250. The van der Waals surface area contributed by atoms with E-state index >= 15 is 0 Å². The Hall–Kier alpha value is -0.770. The van der Waals surface area contributed by atoms with Crippen LogP contribution < -0.4 is 4.74 Å². The first kappa shape index (κ1) is 9.32. The predicted octanol–water partition coefficient (Wildman–Crippen LogP) is 2.69. The molecule has 1 N–H and O–H groups in total. The Morgan fingerprint density at radius 2 is 2.25 bits per heavy atom. The van der Waals surface area contributed by atoms with Crippen molar-refractivity contribution in [3.8, 4) is 11.5 Å². The number of hydrogen-bond acceptors (Lipinski definition) is 2. The molecular formula is C8H8BrFO2. The van der Waals surface area contributed by atoms with Gasteiger partial charge in [-0.3, -0.25) is 0 Å². The minimum absolute atomic E-state index is 0.157. The molecule has 0 bridgehead atoms. The van der Waals surface area contributed by atoms with Gasteiger partial charge in [-0.15, -0.1) is 0 Å². The van der Waals surface area contributed by atoms with E-state index in [1.165, 1.54) is 12.1 Å². The monoisotopic (exact) mass is 234 g/mol. The number of aromatic hydroxyl groups is 1.